The van der Waals surface area contributed by atoms with Crippen molar-refractivity contribution in [3.63, 3.8) is 0 Å². The fraction of sp³-hybridized carbons (Fsp3) is 0. The van der Waals surface area contributed by atoms with Gasteiger partial charge in [-0.05, 0) is 12.1 Å². The molecule has 0 unspecified atom stereocenters. The highest BCUT2D eigenvalue weighted by atomic mass is 35.5. The number of aromatic nitrogens is 1. The van der Waals surface area contributed by atoms with Crippen LogP contribution in [0.2, 0.25) is 5.15 Å². The van der Waals surface area contributed by atoms with E-state index in [2.05, 4.69) is 4.98 Å². The average Bonchev–Trinajstić information content (AvgIpc) is 2.43. The Morgan fingerprint density at radius 3 is 2.76 bits per heavy atom. The van der Waals surface area contributed by atoms with Crippen molar-refractivity contribution in [2.24, 2.45) is 0 Å². The van der Waals surface area contributed by atoms with E-state index in [4.69, 9.17) is 11.6 Å². The molecule has 0 saturated heterocycles. The van der Waals surface area contributed by atoms with Gasteiger partial charge in [0.15, 0.2) is 11.5 Å². The van der Waals surface area contributed by atoms with Crippen molar-refractivity contribution in [3.8, 4) is 0 Å². The Balaban J connectivity index is 2.41. The van der Waals surface area contributed by atoms with Crippen LogP contribution in [0.4, 0.5) is 20.2 Å². The van der Waals surface area contributed by atoms with Crippen LogP contribution in [-0.4, -0.2) is 15.8 Å². The van der Waals surface area contributed by atoms with Crippen molar-refractivity contribution in [3.05, 3.63) is 62.9 Å². The highest BCUT2D eigenvalue weighted by Crippen LogP contribution is 2.28. The van der Waals surface area contributed by atoms with E-state index < -0.39 is 33.8 Å². The molecule has 0 aliphatic heterocycles. The highest BCUT2D eigenvalue weighted by Gasteiger charge is 2.22. The second-order valence-electron chi connectivity index (χ2n) is 3.84. The maximum absolute atomic E-state index is 13.6. The van der Waals surface area contributed by atoms with Crippen molar-refractivity contribution in [1.82, 2.24) is 4.98 Å². The molecule has 2 rings (SSSR count). The topological polar surface area (TPSA) is 85.1 Å². The van der Waals surface area contributed by atoms with Gasteiger partial charge in [-0.15, -0.1) is 0 Å². The number of anilines is 1. The predicted octanol–water partition coefficient (Wildman–Crippen LogP) is 3.17. The Hall–Kier alpha value is -2.61. The SMILES string of the molecule is O=C(Nc1c(F)cccc1[N+](=O)[O-])c1cc(F)cnc1Cl. The van der Waals surface area contributed by atoms with Crippen molar-refractivity contribution in [2.75, 3.05) is 5.32 Å². The summed E-state index contributed by atoms with van der Waals surface area (Å²) < 4.78 is 26.7. The first-order valence-electron chi connectivity index (χ1n) is 5.45. The van der Waals surface area contributed by atoms with Crippen LogP contribution >= 0.6 is 11.6 Å². The predicted molar refractivity (Wildman–Crippen MR) is 70.2 cm³/mol. The molecular formula is C12H6ClF2N3O3. The molecule has 1 amide bonds. The summed E-state index contributed by atoms with van der Waals surface area (Å²) in [5, 5.41) is 12.5. The molecule has 1 heterocycles. The lowest BCUT2D eigenvalue weighted by Crippen LogP contribution is -2.15. The summed E-state index contributed by atoms with van der Waals surface area (Å²) in [6.07, 6.45) is 0.796. The Bertz CT molecular complexity index is 740. The number of hydrogen-bond donors (Lipinski definition) is 1. The molecule has 1 aromatic carbocycles. The third kappa shape index (κ3) is 3.11. The quantitative estimate of drug-likeness (QED) is 0.536. The summed E-state index contributed by atoms with van der Waals surface area (Å²) in [6, 6.07) is 3.87. The van der Waals surface area contributed by atoms with Crippen LogP contribution in [0.3, 0.4) is 0 Å². The summed E-state index contributed by atoms with van der Waals surface area (Å²) in [4.78, 5) is 25.3. The third-order valence-corrected chi connectivity index (χ3v) is 2.78. The van der Waals surface area contributed by atoms with Crippen molar-refractivity contribution in [2.45, 2.75) is 0 Å². The molecule has 6 nitrogen and oxygen atoms in total. The minimum atomic E-state index is -1.01. The van der Waals surface area contributed by atoms with E-state index in [1.54, 1.807) is 0 Å². The van der Waals surface area contributed by atoms with Crippen LogP contribution in [0.1, 0.15) is 10.4 Å². The van der Waals surface area contributed by atoms with E-state index in [1.165, 1.54) is 0 Å². The number of hydrogen-bond acceptors (Lipinski definition) is 4. The molecule has 0 radical (unpaired) electrons. The first-order chi connectivity index (χ1) is 9.90. The first kappa shape index (κ1) is 14.8. The Labute approximate surface area is 121 Å². The molecule has 0 atom stereocenters. The number of benzene rings is 1. The molecule has 21 heavy (non-hydrogen) atoms. The van der Waals surface area contributed by atoms with Gasteiger partial charge in [0.1, 0.15) is 11.0 Å². The lowest BCUT2D eigenvalue weighted by atomic mass is 10.2. The first-order valence-corrected chi connectivity index (χ1v) is 5.83. The zero-order valence-corrected chi connectivity index (χ0v) is 10.9. The number of carbonyl (C=O) groups excluding carboxylic acids is 1. The summed E-state index contributed by atoms with van der Waals surface area (Å²) in [5.74, 6) is -2.84. The number of pyridine rings is 1. The molecule has 0 saturated carbocycles. The molecule has 0 bridgehead atoms. The van der Waals surface area contributed by atoms with Crippen LogP contribution < -0.4 is 5.32 Å². The van der Waals surface area contributed by atoms with E-state index in [1.807, 2.05) is 5.32 Å². The number of halogens is 3. The molecular weight excluding hydrogens is 308 g/mol. The van der Waals surface area contributed by atoms with Gasteiger partial charge in [0.25, 0.3) is 11.6 Å². The zero-order valence-electron chi connectivity index (χ0n) is 10.1. The van der Waals surface area contributed by atoms with Gasteiger partial charge in [-0.25, -0.2) is 13.8 Å². The summed E-state index contributed by atoms with van der Waals surface area (Å²) in [6.45, 7) is 0. The Morgan fingerprint density at radius 2 is 2.10 bits per heavy atom. The van der Waals surface area contributed by atoms with Gasteiger partial charge in [0.05, 0.1) is 16.7 Å². The third-order valence-electron chi connectivity index (χ3n) is 2.48. The van der Waals surface area contributed by atoms with E-state index in [9.17, 15) is 23.7 Å². The second-order valence-corrected chi connectivity index (χ2v) is 4.20. The Morgan fingerprint density at radius 1 is 1.38 bits per heavy atom. The van der Waals surface area contributed by atoms with Crippen LogP contribution in [0, 0.1) is 21.7 Å². The molecule has 0 spiro atoms. The summed E-state index contributed by atoms with van der Waals surface area (Å²) in [5.41, 5.74) is -1.63. The molecule has 0 aliphatic rings. The molecule has 1 N–H and O–H groups in total. The van der Waals surface area contributed by atoms with Gasteiger partial charge in [-0.2, -0.15) is 0 Å². The summed E-state index contributed by atoms with van der Waals surface area (Å²) >= 11 is 5.63. The largest absolute Gasteiger partial charge is 0.314 e. The normalized spacial score (nSPS) is 10.2. The van der Waals surface area contributed by atoms with Crippen LogP contribution in [0.15, 0.2) is 30.5 Å². The van der Waals surface area contributed by atoms with Gasteiger partial charge >= 0.3 is 0 Å². The second kappa shape index (κ2) is 5.80. The van der Waals surface area contributed by atoms with E-state index in [0.29, 0.717) is 0 Å². The average molecular weight is 314 g/mol. The zero-order chi connectivity index (χ0) is 15.6. The fourth-order valence-corrected chi connectivity index (χ4v) is 1.74. The van der Waals surface area contributed by atoms with E-state index in [0.717, 1.165) is 30.5 Å². The molecule has 1 aromatic heterocycles. The standard InChI is InChI=1S/C12H6ClF2N3O3/c13-11-7(4-6(14)5-16-11)12(19)17-10-8(15)2-1-3-9(10)18(20)21/h1-5H,(H,17,19). The minimum Gasteiger partial charge on any atom is -0.314 e. The van der Waals surface area contributed by atoms with E-state index in [-0.39, 0.29) is 10.7 Å². The van der Waals surface area contributed by atoms with Crippen LogP contribution in [0.25, 0.3) is 0 Å². The highest BCUT2D eigenvalue weighted by molar-refractivity contribution is 6.33. The number of amides is 1. The monoisotopic (exact) mass is 313 g/mol. The number of nitro benzene ring substituents is 1. The number of nitrogens with zero attached hydrogens (tertiary/aromatic N) is 2. The van der Waals surface area contributed by atoms with Crippen molar-refractivity contribution in [1.29, 1.82) is 0 Å². The van der Waals surface area contributed by atoms with Crippen molar-refractivity contribution >= 4 is 28.9 Å². The number of nitrogens with one attached hydrogen (secondary N) is 1. The number of nitro groups is 1. The molecule has 108 valence electrons. The molecule has 2 aromatic rings. The van der Waals surface area contributed by atoms with Gasteiger partial charge in [-0.1, -0.05) is 17.7 Å². The molecule has 0 fully saturated rings. The van der Waals surface area contributed by atoms with Gasteiger partial charge in [0.2, 0.25) is 0 Å². The number of para-hydroxylation sites is 1. The van der Waals surface area contributed by atoms with Crippen molar-refractivity contribution < 1.29 is 18.5 Å². The maximum Gasteiger partial charge on any atom is 0.295 e. The molecule has 9 heteroatoms. The smallest absolute Gasteiger partial charge is 0.295 e. The lowest BCUT2D eigenvalue weighted by molar-refractivity contribution is -0.384. The number of rotatable bonds is 3. The molecule has 0 aliphatic carbocycles. The van der Waals surface area contributed by atoms with Crippen LogP contribution in [0.5, 0.6) is 0 Å². The van der Waals surface area contributed by atoms with Gasteiger partial charge in [-0.3, -0.25) is 14.9 Å². The lowest BCUT2D eigenvalue weighted by Gasteiger charge is -2.07. The fourth-order valence-electron chi connectivity index (χ4n) is 1.55. The van der Waals surface area contributed by atoms with E-state index >= 15 is 0 Å². The maximum atomic E-state index is 13.6. The summed E-state index contributed by atoms with van der Waals surface area (Å²) in [7, 11) is 0. The van der Waals surface area contributed by atoms with Gasteiger partial charge in [0, 0.05) is 6.07 Å². The minimum absolute atomic E-state index is 0.312. The van der Waals surface area contributed by atoms with Crippen LogP contribution in [-0.2, 0) is 0 Å². The Kier molecular flexibility index (Phi) is 4.08. The number of carbonyl (C=O) groups is 1. The van der Waals surface area contributed by atoms with Gasteiger partial charge < -0.3 is 5.32 Å².